The highest BCUT2D eigenvalue weighted by molar-refractivity contribution is 6.05. The van der Waals surface area contributed by atoms with Gasteiger partial charge < -0.3 is 10.6 Å². The molecule has 0 aliphatic rings. The largest absolute Gasteiger partial charge is 0.348 e. The van der Waals surface area contributed by atoms with Crippen LogP contribution in [0.15, 0.2) is 66.9 Å². The van der Waals surface area contributed by atoms with Crippen LogP contribution in [0.1, 0.15) is 37.5 Å². The summed E-state index contributed by atoms with van der Waals surface area (Å²) in [5, 5.41) is 5.74. The standard InChI is InChI=1S/C22H21N3O2/c1-15-7-6-8-16(2)20(15)25-22(27)19-13-18(11-12-23-19)21(26)24-14-17-9-4-3-5-10-17/h3-13H,14H2,1-2H3,(H,24,26)(H,25,27). The third-order valence-corrected chi connectivity index (χ3v) is 4.27. The number of benzene rings is 2. The molecule has 0 radical (unpaired) electrons. The number of carbonyl (C=O) groups is 2. The van der Waals surface area contributed by atoms with E-state index in [4.69, 9.17) is 0 Å². The molecular weight excluding hydrogens is 338 g/mol. The second kappa shape index (κ2) is 8.27. The highest BCUT2D eigenvalue weighted by Crippen LogP contribution is 2.20. The van der Waals surface area contributed by atoms with Crippen molar-refractivity contribution < 1.29 is 9.59 Å². The molecule has 0 saturated heterocycles. The van der Waals surface area contributed by atoms with Gasteiger partial charge in [0.25, 0.3) is 11.8 Å². The van der Waals surface area contributed by atoms with Gasteiger partial charge in [-0.25, -0.2) is 0 Å². The third-order valence-electron chi connectivity index (χ3n) is 4.27. The number of anilines is 1. The van der Waals surface area contributed by atoms with Crippen molar-refractivity contribution in [3.8, 4) is 0 Å². The molecule has 3 rings (SSSR count). The summed E-state index contributed by atoms with van der Waals surface area (Å²) in [5.41, 5.74) is 4.31. The monoisotopic (exact) mass is 359 g/mol. The lowest BCUT2D eigenvalue weighted by Crippen LogP contribution is -2.23. The van der Waals surface area contributed by atoms with Gasteiger partial charge in [-0.3, -0.25) is 14.6 Å². The topological polar surface area (TPSA) is 71.1 Å². The van der Waals surface area contributed by atoms with Gasteiger partial charge in [0.15, 0.2) is 0 Å². The van der Waals surface area contributed by atoms with Crippen LogP contribution in [-0.4, -0.2) is 16.8 Å². The summed E-state index contributed by atoms with van der Waals surface area (Å²) in [6, 6.07) is 18.6. The number of amides is 2. The fourth-order valence-electron chi connectivity index (χ4n) is 2.77. The molecule has 0 saturated carbocycles. The predicted octanol–water partition coefficient (Wildman–Crippen LogP) is 3.88. The van der Waals surface area contributed by atoms with Gasteiger partial charge in [0, 0.05) is 24.0 Å². The minimum Gasteiger partial charge on any atom is -0.348 e. The summed E-state index contributed by atoms with van der Waals surface area (Å²) in [5.74, 6) is -0.590. The van der Waals surface area contributed by atoms with Crippen molar-refractivity contribution in [3.63, 3.8) is 0 Å². The molecule has 0 atom stereocenters. The number of rotatable bonds is 5. The number of nitrogens with zero attached hydrogens (tertiary/aromatic N) is 1. The van der Waals surface area contributed by atoms with E-state index in [0.29, 0.717) is 12.1 Å². The SMILES string of the molecule is Cc1cccc(C)c1NC(=O)c1cc(C(=O)NCc2ccccc2)ccn1. The molecule has 3 aromatic rings. The first-order valence-electron chi connectivity index (χ1n) is 8.70. The first-order chi connectivity index (χ1) is 13.0. The molecule has 2 N–H and O–H groups in total. The maximum absolute atomic E-state index is 12.6. The fourth-order valence-corrected chi connectivity index (χ4v) is 2.77. The van der Waals surface area contributed by atoms with Crippen LogP contribution in [-0.2, 0) is 6.54 Å². The molecule has 1 aromatic heterocycles. The Kier molecular flexibility index (Phi) is 5.61. The van der Waals surface area contributed by atoms with Crippen LogP contribution >= 0.6 is 0 Å². The van der Waals surface area contributed by atoms with Crippen molar-refractivity contribution in [3.05, 3.63) is 94.8 Å². The zero-order valence-electron chi connectivity index (χ0n) is 15.3. The molecule has 0 aliphatic carbocycles. The van der Waals surface area contributed by atoms with E-state index in [1.807, 2.05) is 62.4 Å². The number of pyridine rings is 1. The lowest BCUT2D eigenvalue weighted by molar-refractivity contribution is 0.0951. The van der Waals surface area contributed by atoms with Gasteiger partial charge in [0.05, 0.1) is 0 Å². The van der Waals surface area contributed by atoms with E-state index in [1.54, 1.807) is 6.07 Å². The van der Waals surface area contributed by atoms with Gasteiger partial charge in [0.2, 0.25) is 0 Å². The molecule has 5 heteroatoms. The van der Waals surface area contributed by atoms with E-state index in [2.05, 4.69) is 15.6 Å². The van der Waals surface area contributed by atoms with Crippen LogP contribution in [0, 0.1) is 13.8 Å². The van der Waals surface area contributed by atoms with Gasteiger partial charge in [-0.1, -0.05) is 48.5 Å². The highest BCUT2D eigenvalue weighted by Gasteiger charge is 2.14. The Balaban J connectivity index is 1.71. The molecule has 2 amide bonds. The lowest BCUT2D eigenvalue weighted by atomic mass is 10.1. The lowest BCUT2D eigenvalue weighted by Gasteiger charge is -2.11. The Hall–Kier alpha value is -3.47. The fraction of sp³-hybridized carbons (Fsp3) is 0.136. The van der Waals surface area contributed by atoms with Gasteiger partial charge in [-0.2, -0.15) is 0 Å². The number of hydrogen-bond acceptors (Lipinski definition) is 3. The molecule has 2 aromatic carbocycles. The molecule has 0 fully saturated rings. The highest BCUT2D eigenvalue weighted by atomic mass is 16.2. The first-order valence-corrected chi connectivity index (χ1v) is 8.70. The zero-order chi connectivity index (χ0) is 19.2. The van der Waals surface area contributed by atoms with Gasteiger partial charge in [0.1, 0.15) is 5.69 Å². The van der Waals surface area contributed by atoms with E-state index in [0.717, 1.165) is 22.4 Å². The number of aryl methyl sites for hydroxylation is 2. The van der Waals surface area contributed by atoms with Crippen molar-refractivity contribution in [2.45, 2.75) is 20.4 Å². The van der Waals surface area contributed by atoms with E-state index < -0.39 is 0 Å². The van der Waals surface area contributed by atoms with Crippen LogP contribution < -0.4 is 10.6 Å². The molecule has 1 heterocycles. The van der Waals surface area contributed by atoms with Crippen LogP contribution in [0.25, 0.3) is 0 Å². The smallest absolute Gasteiger partial charge is 0.274 e. The van der Waals surface area contributed by atoms with E-state index >= 15 is 0 Å². The number of aromatic nitrogens is 1. The summed E-state index contributed by atoms with van der Waals surface area (Å²) in [7, 11) is 0. The third kappa shape index (κ3) is 4.58. The molecule has 0 spiro atoms. The molecule has 0 bridgehead atoms. The Labute approximate surface area is 158 Å². The summed E-state index contributed by atoms with van der Waals surface area (Å²) in [6.07, 6.45) is 1.47. The van der Waals surface area contributed by atoms with Crippen LogP contribution in [0.5, 0.6) is 0 Å². The maximum Gasteiger partial charge on any atom is 0.274 e. The van der Waals surface area contributed by atoms with Crippen molar-refractivity contribution in [2.24, 2.45) is 0 Å². The van der Waals surface area contributed by atoms with E-state index in [1.165, 1.54) is 12.3 Å². The van der Waals surface area contributed by atoms with Crippen LogP contribution in [0.4, 0.5) is 5.69 Å². The van der Waals surface area contributed by atoms with Crippen molar-refractivity contribution in [2.75, 3.05) is 5.32 Å². The Morgan fingerprint density at radius 3 is 2.30 bits per heavy atom. The molecule has 5 nitrogen and oxygen atoms in total. The quantitative estimate of drug-likeness (QED) is 0.726. The van der Waals surface area contributed by atoms with Gasteiger partial charge in [-0.05, 0) is 42.7 Å². The average molecular weight is 359 g/mol. The number of nitrogens with one attached hydrogen (secondary N) is 2. The Morgan fingerprint density at radius 1 is 0.889 bits per heavy atom. The van der Waals surface area contributed by atoms with E-state index in [-0.39, 0.29) is 17.5 Å². The molecule has 27 heavy (non-hydrogen) atoms. The average Bonchev–Trinajstić information content (AvgIpc) is 2.70. The summed E-state index contributed by atoms with van der Waals surface area (Å²) in [4.78, 5) is 29.1. The second-order valence-corrected chi connectivity index (χ2v) is 6.32. The zero-order valence-corrected chi connectivity index (χ0v) is 15.3. The van der Waals surface area contributed by atoms with Crippen molar-refractivity contribution in [1.29, 1.82) is 0 Å². The number of hydrogen-bond donors (Lipinski definition) is 2. The van der Waals surface area contributed by atoms with Crippen molar-refractivity contribution >= 4 is 17.5 Å². The molecule has 0 unspecified atom stereocenters. The van der Waals surface area contributed by atoms with Crippen molar-refractivity contribution in [1.82, 2.24) is 10.3 Å². The predicted molar refractivity (Wildman–Crippen MR) is 106 cm³/mol. The first kappa shape index (κ1) is 18.3. The maximum atomic E-state index is 12.6. The molecule has 136 valence electrons. The number of carbonyl (C=O) groups excluding carboxylic acids is 2. The van der Waals surface area contributed by atoms with Gasteiger partial charge in [-0.15, -0.1) is 0 Å². The summed E-state index contributed by atoms with van der Waals surface area (Å²) < 4.78 is 0. The second-order valence-electron chi connectivity index (χ2n) is 6.32. The summed E-state index contributed by atoms with van der Waals surface area (Å²) >= 11 is 0. The minimum absolute atomic E-state index is 0.199. The molecule has 0 aliphatic heterocycles. The van der Waals surface area contributed by atoms with Crippen LogP contribution in [0.2, 0.25) is 0 Å². The Bertz CT molecular complexity index is 948. The molecular formula is C22H21N3O2. The summed E-state index contributed by atoms with van der Waals surface area (Å²) in [6.45, 7) is 4.29. The van der Waals surface area contributed by atoms with E-state index in [9.17, 15) is 9.59 Å². The minimum atomic E-state index is -0.342. The van der Waals surface area contributed by atoms with Gasteiger partial charge >= 0.3 is 0 Å². The Morgan fingerprint density at radius 2 is 1.59 bits per heavy atom. The number of para-hydroxylation sites is 1. The normalized spacial score (nSPS) is 10.3. The van der Waals surface area contributed by atoms with Crippen LogP contribution in [0.3, 0.4) is 0 Å².